The Balaban J connectivity index is 2.01. The van der Waals surface area contributed by atoms with Crippen LogP contribution in [0.4, 0.5) is 0 Å². The van der Waals surface area contributed by atoms with Gasteiger partial charge in [-0.1, -0.05) is 13.0 Å². The van der Waals surface area contributed by atoms with Gasteiger partial charge < -0.3 is 14.4 Å². The van der Waals surface area contributed by atoms with Crippen LogP contribution in [0.3, 0.4) is 0 Å². The van der Waals surface area contributed by atoms with E-state index in [1.165, 1.54) is 11.1 Å². The Morgan fingerprint density at radius 2 is 2.04 bits per heavy atom. The van der Waals surface area contributed by atoms with Crippen LogP contribution in [0, 0.1) is 5.92 Å². The van der Waals surface area contributed by atoms with Gasteiger partial charge in [0.15, 0.2) is 0 Å². The van der Waals surface area contributed by atoms with Crippen LogP contribution < -0.4 is 4.74 Å². The quantitative estimate of drug-likeness (QED) is 0.836. The number of Topliss-reactive ketones (excluding diaryl/α,β-unsaturated/α-hetero) is 1. The number of likely N-dealkylation sites (tertiary alicyclic amines) is 1. The number of rotatable bonds is 2. The molecule has 24 heavy (non-hydrogen) atoms. The van der Waals surface area contributed by atoms with Gasteiger partial charge in [0, 0.05) is 31.4 Å². The topological polar surface area (TPSA) is 38.8 Å². The first-order chi connectivity index (χ1) is 11.5. The Bertz CT molecular complexity index is 687. The van der Waals surface area contributed by atoms with Crippen molar-refractivity contribution in [1.82, 2.24) is 4.90 Å². The van der Waals surface area contributed by atoms with Crippen LogP contribution in [0.15, 0.2) is 18.2 Å². The van der Waals surface area contributed by atoms with Crippen LogP contribution in [0.2, 0.25) is 0 Å². The van der Waals surface area contributed by atoms with Crippen LogP contribution in [0.25, 0.3) is 0 Å². The van der Waals surface area contributed by atoms with Gasteiger partial charge in [-0.25, -0.2) is 0 Å². The van der Waals surface area contributed by atoms with Crippen molar-refractivity contribution in [3.8, 4) is 5.75 Å². The fraction of sp³-hybridized carbons (Fsp3) is 0.650. The van der Waals surface area contributed by atoms with Gasteiger partial charge in [0.2, 0.25) is 0 Å². The number of piperidine rings is 1. The van der Waals surface area contributed by atoms with Gasteiger partial charge in [-0.05, 0) is 55.6 Å². The molecule has 0 aromatic heterocycles. The lowest BCUT2D eigenvalue weighted by molar-refractivity contribution is -0.206. The Kier molecular flexibility index (Phi) is 3.56. The summed E-state index contributed by atoms with van der Waals surface area (Å²) in [5.41, 5.74) is 2.11. The van der Waals surface area contributed by atoms with Gasteiger partial charge in [-0.2, -0.15) is 0 Å². The summed E-state index contributed by atoms with van der Waals surface area (Å²) in [6.45, 7) is 3.21. The van der Waals surface area contributed by atoms with Crippen LogP contribution >= 0.6 is 0 Å². The molecule has 4 rings (SSSR count). The number of benzene rings is 1. The fourth-order valence-electron chi connectivity index (χ4n) is 6.09. The summed E-state index contributed by atoms with van der Waals surface area (Å²) < 4.78 is 11.9. The van der Waals surface area contributed by atoms with Gasteiger partial charge in [-0.15, -0.1) is 0 Å². The van der Waals surface area contributed by atoms with Crippen LogP contribution in [0.1, 0.15) is 37.3 Å². The average Bonchev–Trinajstić information content (AvgIpc) is 2.57. The summed E-state index contributed by atoms with van der Waals surface area (Å²) in [6.07, 6.45) is 3.16. The largest absolute Gasteiger partial charge is 0.497 e. The molecule has 130 valence electrons. The third-order valence-corrected chi connectivity index (χ3v) is 7.01. The highest BCUT2D eigenvalue weighted by atomic mass is 16.5. The molecule has 0 amide bonds. The Hall–Kier alpha value is -1.39. The van der Waals surface area contributed by atoms with Crippen LogP contribution in [-0.4, -0.2) is 50.1 Å². The smallest absolute Gasteiger partial charge is 0.134 e. The lowest BCUT2D eigenvalue weighted by atomic mass is 9.46. The maximum absolute atomic E-state index is 12.6. The van der Waals surface area contributed by atoms with Crippen molar-refractivity contribution in [3.63, 3.8) is 0 Å². The van der Waals surface area contributed by atoms with E-state index in [9.17, 15) is 4.79 Å². The molecule has 0 unspecified atom stereocenters. The highest BCUT2D eigenvalue weighted by Crippen LogP contribution is 2.60. The van der Waals surface area contributed by atoms with Crippen molar-refractivity contribution in [2.75, 3.05) is 27.8 Å². The van der Waals surface area contributed by atoms with Crippen molar-refractivity contribution < 1.29 is 14.3 Å². The standard InChI is InChI=1S/C20H27NO3/c1-13-9-15(22)12-19-7-8-21(2)18(20(13,19)24-4)10-14-5-6-16(23-3)11-17(14)19/h5-6,11,13,18H,7-10,12H2,1-4H3/t13-,18-,19-,20-/m1/s1. The van der Waals surface area contributed by atoms with Crippen molar-refractivity contribution in [2.24, 2.45) is 5.92 Å². The normalized spacial score (nSPS) is 38.4. The zero-order valence-electron chi connectivity index (χ0n) is 15.1. The molecule has 2 bridgehead atoms. The molecule has 0 spiro atoms. The predicted octanol–water partition coefficient (Wildman–Crippen LogP) is 2.58. The maximum Gasteiger partial charge on any atom is 0.134 e. The zero-order valence-corrected chi connectivity index (χ0v) is 15.1. The number of likely N-dealkylation sites (N-methyl/N-ethyl adjacent to an activating group) is 1. The van der Waals surface area contributed by atoms with Gasteiger partial charge in [0.1, 0.15) is 11.5 Å². The number of carbonyl (C=O) groups excluding carboxylic acids is 1. The molecule has 1 saturated carbocycles. The third kappa shape index (κ3) is 1.79. The van der Waals surface area contributed by atoms with Gasteiger partial charge >= 0.3 is 0 Å². The molecular formula is C20H27NO3. The molecule has 1 saturated heterocycles. The van der Waals surface area contributed by atoms with E-state index in [4.69, 9.17) is 9.47 Å². The second kappa shape index (κ2) is 5.30. The highest BCUT2D eigenvalue weighted by Gasteiger charge is 2.67. The van der Waals surface area contributed by atoms with E-state index in [0.29, 0.717) is 24.7 Å². The summed E-state index contributed by atoms with van der Waals surface area (Å²) in [5.74, 6) is 1.46. The molecule has 4 atom stereocenters. The van der Waals surface area contributed by atoms with E-state index in [-0.39, 0.29) is 16.9 Å². The van der Waals surface area contributed by atoms with Crippen molar-refractivity contribution in [3.05, 3.63) is 29.3 Å². The van der Waals surface area contributed by atoms with E-state index in [0.717, 1.165) is 25.1 Å². The number of fused-ring (bicyclic) bond motifs is 1. The molecule has 1 aromatic carbocycles. The number of hydrogen-bond acceptors (Lipinski definition) is 4. The number of carbonyl (C=O) groups is 1. The minimum atomic E-state index is -0.298. The first-order valence-electron chi connectivity index (χ1n) is 8.93. The summed E-state index contributed by atoms with van der Waals surface area (Å²) in [5, 5.41) is 0. The van der Waals surface area contributed by atoms with Crippen molar-refractivity contribution in [2.45, 2.75) is 49.7 Å². The molecule has 1 aliphatic heterocycles. The molecular weight excluding hydrogens is 302 g/mol. The minimum Gasteiger partial charge on any atom is -0.497 e. The van der Waals surface area contributed by atoms with E-state index in [1.807, 2.05) is 13.2 Å². The SMILES string of the molecule is COc1ccc2c(c1)[C@]13CCN(C)[C@H](C2)[C@]1(OC)[C@H](C)CC(=O)C3. The second-order valence-electron chi connectivity index (χ2n) is 7.87. The molecule has 2 aliphatic carbocycles. The molecule has 0 radical (unpaired) electrons. The molecule has 4 nitrogen and oxygen atoms in total. The van der Waals surface area contributed by atoms with Gasteiger partial charge in [0.25, 0.3) is 0 Å². The number of ether oxygens (including phenoxy) is 2. The summed E-state index contributed by atoms with van der Waals surface area (Å²) >= 11 is 0. The average molecular weight is 329 g/mol. The molecule has 3 aliphatic rings. The Morgan fingerprint density at radius 1 is 1.25 bits per heavy atom. The summed E-state index contributed by atoms with van der Waals surface area (Å²) in [6, 6.07) is 6.71. The van der Waals surface area contributed by atoms with E-state index < -0.39 is 0 Å². The molecule has 2 fully saturated rings. The van der Waals surface area contributed by atoms with Crippen molar-refractivity contribution >= 4 is 5.78 Å². The molecule has 1 heterocycles. The fourth-order valence-corrected chi connectivity index (χ4v) is 6.09. The number of ketones is 1. The highest BCUT2D eigenvalue weighted by molar-refractivity contribution is 5.83. The van der Waals surface area contributed by atoms with Crippen molar-refractivity contribution in [1.29, 1.82) is 0 Å². The zero-order chi connectivity index (χ0) is 17.1. The number of nitrogens with zero attached hydrogens (tertiary/aromatic N) is 1. The lowest BCUT2D eigenvalue weighted by Crippen LogP contribution is -2.76. The van der Waals surface area contributed by atoms with Crippen LogP contribution in [-0.2, 0) is 21.4 Å². The third-order valence-electron chi connectivity index (χ3n) is 7.01. The molecule has 0 N–H and O–H groups in total. The van der Waals surface area contributed by atoms with Gasteiger partial charge in [-0.3, -0.25) is 4.79 Å². The van der Waals surface area contributed by atoms with Crippen LogP contribution in [0.5, 0.6) is 5.75 Å². The Labute approximate surface area is 144 Å². The van der Waals surface area contributed by atoms with E-state index in [1.54, 1.807) is 7.11 Å². The molecule has 1 aromatic rings. The summed E-state index contributed by atoms with van der Waals surface area (Å²) in [7, 11) is 5.75. The predicted molar refractivity (Wildman–Crippen MR) is 92.6 cm³/mol. The number of hydrogen-bond donors (Lipinski definition) is 0. The molecule has 4 heteroatoms. The number of methoxy groups -OCH3 is 2. The minimum absolute atomic E-state index is 0.218. The first-order valence-corrected chi connectivity index (χ1v) is 8.93. The first kappa shape index (κ1) is 16.1. The van der Waals surface area contributed by atoms with Gasteiger partial charge in [0.05, 0.1) is 12.7 Å². The lowest BCUT2D eigenvalue weighted by Gasteiger charge is -2.66. The maximum atomic E-state index is 12.6. The van der Waals surface area contributed by atoms with E-state index >= 15 is 0 Å². The monoisotopic (exact) mass is 329 g/mol. The Morgan fingerprint density at radius 3 is 2.75 bits per heavy atom. The second-order valence-corrected chi connectivity index (χ2v) is 7.87. The summed E-state index contributed by atoms with van der Waals surface area (Å²) in [4.78, 5) is 15.1. The van der Waals surface area contributed by atoms with E-state index in [2.05, 4.69) is 31.0 Å².